The smallest absolute Gasteiger partial charge is 0.321 e. The monoisotopic (exact) mass is 435 g/mol. The normalized spacial score (nSPS) is 19.2. The number of carbonyl (C=O) groups excluding carboxylic acids is 1. The molecule has 1 aromatic heterocycles. The lowest BCUT2D eigenvalue weighted by Gasteiger charge is -2.42. The number of likely N-dealkylation sites (tertiary alicyclic amines) is 1. The van der Waals surface area contributed by atoms with Crippen LogP contribution in [0.3, 0.4) is 0 Å². The van der Waals surface area contributed by atoms with E-state index in [0.29, 0.717) is 19.6 Å². The fourth-order valence-corrected chi connectivity index (χ4v) is 5.41. The number of para-hydroxylation sites is 1. The lowest BCUT2D eigenvalue weighted by molar-refractivity contribution is 0.139. The molecule has 5 nitrogen and oxygen atoms in total. The van der Waals surface area contributed by atoms with Crippen LogP contribution in [0, 0.1) is 5.92 Å². The van der Waals surface area contributed by atoms with E-state index in [1.54, 1.807) is 0 Å². The molecule has 0 unspecified atom stereocenters. The Kier molecular flexibility index (Phi) is 4.75. The number of nitrogens with zero attached hydrogens (tertiary/aromatic N) is 2. The molecule has 2 atom stereocenters. The highest BCUT2D eigenvalue weighted by molar-refractivity contribution is 5.89. The topological polar surface area (TPSA) is 54.3 Å². The molecule has 0 spiro atoms. The van der Waals surface area contributed by atoms with Crippen molar-refractivity contribution < 1.29 is 4.79 Å². The minimum atomic E-state index is -0.0699. The molecule has 0 radical (unpaired) electrons. The summed E-state index contributed by atoms with van der Waals surface area (Å²) in [5.74, 6) is 0.458. The molecule has 3 aromatic carbocycles. The zero-order valence-corrected chi connectivity index (χ0v) is 18.3. The maximum atomic E-state index is 13.5. The minimum absolute atomic E-state index is 0.0691. The van der Waals surface area contributed by atoms with Gasteiger partial charge in [0.15, 0.2) is 0 Å². The Bertz CT molecular complexity index is 1410. The van der Waals surface area contributed by atoms with Gasteiger partial charge in [0.05, 0.1) is 0 Å². The molecule has 6 rings (SSSR count). The van der Waals surface area contributed by atoms with Gasteiger partial charge in [0, 0.05) is 42.5 Å². The van der Waals surface area contributed by atoms with Gasteiger partial charge in [0.2, 0.25) is 0 Å². The summed E-state index contributed by atoms with van der Waals surface area (Å²) in [6, 6.07) is 27.9. The number of hydrogen-bond acceptors (Lipinski definition) is 2. The summed E-state index contributed by atoms with van der Waals surface area (Å²) < 4.78 is 1.95. The summed E-state index contributed by atoms with van der Waals surface area (Å²) in [7, 11) is 0. The van der Waals surface area contributed by atoms with E-state index in [-0.39, 0.29) is 23.4 Å². The Hall–Kier alpha value is -3.86. The summed E-state index contributed by atoms with van der Waals surface area (Å²) in [6.45, 7) is 1.95. The number of nitrogens with one attached hydrogen (secondary N) is 1. The van der Waals surface area contributed by atoms with Crippen LogP contribution in [0.2, 0.25) is 0 Å². The van der Waals surface area contributed by atoms with Crippen LogP contribution in [0.15, 0.2) is 89.7 Å². The van der Waals surface area contributed by atoms with Crippen molar-refractivity contribution in [1.29, 1.82) is 0 Å². The van der Waals surface area contributed by atoms with E-state index < -0.39 is 0 Å². The summed E-state index contributed by atoms with van der Waals surface area (Å²) >= 11 is 0. The zero-order valence-electron chi connectivity index (χ0n) is 18.3. The third-order valence-corrected chi connectivity index (χ3v) is 6.98. The maximum Gasteiger partial charge on any atom is 0.321 e. The number of pyridine rings is 1. The van der Waals surface area contributed by atoms with E-state index in [4.69, 9.17) is 0 Å². The predicted octanol–water partition coefficient (Wildman–Crippen LogP) is 5.32. The summed E-state index contributed by atoms with van der Waals surface area (Å²) in [6.07, 6.45) is 1.02. The molecule has 164 valence electrons. The Labute approximate surface area is 192 Å². The number of hydrogen-bond donors (Lipinski definition) is 1. The van der Waals surface area contributed by atoms with Crippen molar-refractivity contribution in [2.24, 2.45) is 5.92 Å². The van der Waals surface area contributed by atoms with E-state index >= 15 is 0 Å². The molecule has 1 saturated heterocycles. The lowest BCUT2D eigenvalue weighted by atomic mass is 9.83. The number of urea groups is 1. The molecule has 1 fully saturated rings. The van der Waals surface area contributed by atoms with Gasteiger partial charge in [-0.15, -0.1) is 0 Å². The first kappa shape index (κ1) is 19.8. The van der Waals surface area contributed by atoms with Gasteiger partial charge >= 0.3 is 6.03 Å². The predicted molar refractivity (Wildman–Crippen MR) is 132 cm³/mol. The van der Waals surface area contributed by atoms with E-state index in [9.17, 15) is 9.59 Å². The highest BCUT2D eigenvalue weighted by Crippen LogP contribution is 2.36. The third kappa shape index (κ3) is 3.59. The number of rotatable bonds is 2. The first-order valence-corrected chi connectivity index (χ1v) is 11.5. The first-order valence-electron chi connectivity index (χ1n) is 11.5. The van der Waals surface area contributed by atoms with Crippen molar-refractivity contribution in [3.8, 4) is 11.1 Å². The van der Waals surface area contributed by atoms with Gasteiger partial charge in [-0.1, -0.05) is 54.6 Å². The van der Waals surface area contributed by atoms with Crippen LogP contribution in [0.4, 0.5) is 10.5 Å². The number of fused-ring (bicyclic) bond motifs is 5. The summed E-state index contributed by atoms with van der Waals surface area (Å²) in [4.78, 5) is 28.3. The van der Waals surface area contributed by atoms with Crippen LogP contribution in [0.5, 0.6) is 0 Å². The van der Waals surface area contributed by atoms with Gasteiger partial charge in [-0.25, -0.2) is 4.79 Å². The summed E-state index contributed by atoms with van der Waals surface area (Å²) in [5, 5.41) is 5.30. The maximum absolute atomic E-state index is 13.5. The van der Waals surface area contributed by atoms with Crippen molar-refractivity contribution in [3.05, 3.63) is 101 Å². The van der Waals surface area contributed by atoms with Crippen molar-refractivity contribution >= 4 is 22.5 Å². The van der Waals surface area contributed by atoms with Gasteiger partial charge in [-0.3, -0.25) is 4.79 Å². The molecule has 2 bridgehead atoms. The average molecular weight is 436 g/mol. The van der Waals surface area contributed by atoms with Crippen LogP contribution in [-0.2, 0) is 6.54 Å². The quantitative estimate of drug-likeness (QED) is 0.463. The standard InChI is InChI=1S/C28H25N3O2/c32-27-25(22-11-10-20-6-4-5-7-21(20)15-22)12-13-26-23-14-19(17-31(26)27)16-30(18-23)28(33)29-24-8-2-1-3-9-24/h1-13,15,19,23H,14,16-18H2,(H,29,33)/t19-,23+/m0/s1. The Morgan fingerprint density at radius 1 is 0.818 bits per heavy atom. The molecule has 0 saturated carbocycles. The van der Waals surface area contributed by atoms with Gasteiger partial charge in [-0.2, -0.15) is 0 Å². The highest BCUT2D eigenvalue weighted by atomic mass is 16.2. The van der Waals surface area contributed by atoms with Crippen LogP contribution < -0.4 is 10.9 Å². The van der Waals surface area contributed by atoms with E-state index in [2.05, 4.69) is 35.6 Å². The second-order valence-corrected chi connectivity index (χ2v) is 9.15. The number of carbonyl (C=O) groups is 1. The Morgan fingerprint density at radius 3 is 2.45 bits per heavy atom. The molecule has 2 aliphatic rings. The van der Waals surface area contributed by atoms with Crippen molar-refractivity contribution in [2.45, 2.75) is 18.9 Å². The first-order chi connectivity index (χ1) is 16.2. The van der Waals surface area contributed by atoms with Crippen molar-refractivity contribution in [2.75, 3.05) is 18.4 Å². The third-order valence-electron chi connectivity index (χ3n) is 6.98. The van der Waals surface area contributed by atoms with Gasteiger partial charge in [0.1, 0.15) is 0 Å². The number of benzene rings is 3. The molecule has 33 heavy (non-hydrogen) atoms. The van der Waals surface area contributed by atoms with Crippen molar-refractivity contribution in [1.82, 2.24) is 9.47 Å². The Balaban J connectivity index is 1.29. The SMILES string of the molecule is O=C(Nc1ccccc1)N1C[C@@H]2C[C@H](C1)c1ccc(-c3ccc4ccccc4c3)c(=O)n1C2. The minimum Gasteiger partial charge on any atom is -0.324 e. The van der Waals surface area contributed by atoms with Gasteiger partial charge < -0.3 is 14.8 Å². The van der Waals surface area contributed by atoms with E-state index in [1.165, 1.54) is 5.39 Å². The molecular weight excluding hydrogens is 410 g/mol. The van der Waals surface area contributed by atoms with Gasteiger partial charge in [0.25, 0.3) is 5.56 Å². The lowest BCUT2D eigenvalue weighted by Crippen LogP contribution is -2.50. The van der Waals surface area contributed by atoms with Crippen LogP contribution in [0.25, 0.3) is 21.9 Å². The average Bonchev–Trinajstić information content (AvgIpc) is 2.85. The second-order valence-electron chi connectivity index (χ2n) is 9.15. The number of aromatic nitrogens is 1. The number of piperidine rings is 1. The van der Waals surface area contributed by atoms with Gasteiger partial charge in [-0.05, 0) is 59.0 Å². The molecule has 5 heteroatoms. The van der Waals surface area contributed by atoms with Crippen LogP contribution in [0.1, 0.15) is 18.0 Å². The highest BCUT2D eigenvalue weighted by Gasteiger charge is 2.36. The molecule has 3 heterocycles. The van der Waals surface area contributed by atoms with Crippen LogP contribution in [-0.4, -0.2) is 28.6 Å². The Morgan fingerprint density at radius 2 is 1.61 bits per heavy atom. The molecular formula is C28H25N3O2. The largest absolute Gasteiger partial charge is 0.324 e. The molecule has 2 aliphatic heterocycles. The molecule has 4 aromatic rings. The van der Waals surface area contributed by atoms with E-state index in [0.717, 1.165) is 34.3 Å². The fourth-order valence-electron chi connectivity index (χ4n) is 5.41. The molecule has 0 aliphatic carbocycles. The number of amides is 2. The van der Waals surface area contributed by atoms with E-state index in [1.807, 2.05) is 64.1 Å². The summed E-state index contributed by atoms with van der Waals surface area (Å²) in [5.41, 5.74) is 3.60. The second kappa shape index (κ2) is 7.93. The van der Waals surface area contributed by atoms with Crippen LogP contribution >= 0.6 is 0 Å². The zero-order chi connectivity index (χ0) is 22.4. The van der Waals surface area contributed by atoms with Crippen molar-refractivity contribution in [3.63, 3.8) is 0 Å². The molecule has 2 amide bonds. The molecule has 1 N–H and O–H groups in total. The fraction of sp³-hybridized carbons (Fsp3) is 0.214. The number of anilines is 1.